The van der Waals surface area contributed by atoms with Crippen LogP contribution >= 0.6 is 0 Å². The van der Waals surface area contributed by atoms with E-state index in [0.717, 1.165) is 23.8 Å². The average molecular weight is 483 g/mol. The van der Waals surface area contributed by atoms with Crippen molar-refractivity contribution in [2.45, 2.75) is 33.0 Å². The van der Waals surface area contributed by atoms with Gasteiger partial charge >= 0.3 is 12.1 Å². The SMILES string of the molecule is C=C(C(=O)O)/C(=C\C=C(C)C)NC(C)c1cc(C(F)(F)F)cc2c(=O)cc(-c3ccccc3)oc12. The molecule has 0 fully saturated rings. The highest BCUT2D eigenvalue weighted by Crippen LogP contribution is 2.36. The first-order valence-corrected chi connectivity index (χ1v) is 10.7. The minimum atomic E-state index is -4.71. The second kappa shape index (κ2) is 10.0. The van der Waals surface area contributed by atoms with E-state index in [1.54, 1.807) is 57.2 Å². The highest BCUT2D eigenvalue weighted by Gasteiger charge is 2.33. The van der Waals surface area contributed by atoms with Gasteiger partial charge in [0, 0.05) is 22.9 Å². The molecule has 1 aromatic heterocycles. The number of rotatable bonds is 7. The first-order valence-electron chi connectivity index (χ1n) is 10.7. The number of halogens is 3. The Kier molecular flexibility index (Phi) is 7.34. The summed E-state index contributed by atoms with van der Waals surface area (Å²) < 4.78 is 47.0. The van der Waals surface area contributed by atoms with Crippen LogP contribution in [-0.2, 0) is 11.0 Å². The fraction of sp³-hybridized carbons (Fsp3) is 0.185. The maximum absolute atomic E-state index is 13.7. The number of allylic oxidation sites excluding steroid dienone is 3. The van der Waals surface area contributed by atoms with Crippen molar-refractivity contribution in [3.05, 3.63) is 105 Å². The average Bonchev–Trinajstić information content (AvgIpc) is 2.80. The molecule has 1 heterocycles. The van der Waals surface area contributed by atoms with Gasteiger partial charge in [0.15, 0.2) is 5.43 Å². The Morgan fingerprint density at radius 1 is 1.11 bits per heavy atom. The van der Waals surface area contributed by atoms with Gasteiger partial charge in [-0.3, -0.25) is 4.79 Å². The van der Waals surface area contributed by atoms with Crippen molar-refractivity contribution < 1.29 is 27.5 Å². The summed E-state index contributed by atoms with van der Waals surface area (Å²) in [5.41, 5.74) is -0.312. The molecule has 0 aliphatic carbocycles. The zero-order chi connectivity index (χ0) is 25.9. The molecule has 0 amide bonds. The van der Waals surface area contributed by atoms with E-state index in [1.165, 1.54) is 6.08 Å². The summed E-state index contributed by atoms with van der Waals surface area (Å²) in [6.07, 6.45) is -1.57. The molecule has 0 aliphatic rings. The molecule has 2 aromatic carbocycles. The molecule has 3 rings (SSSR count). The van der Waals surface area contributed by atoms with Crippen molar-refractivity contribution in [1.29, 1.82) is 0 Å². The van der Waals surface area contributed by atoms with Crippen molar-refractivity contribution in [3.63, 3.8) is 0 Å². The van der Waals surface area contributed by atoms with Crippen molar-refractivity contribution >= 4 is 16.9 Å². The van der Waals surface area contributed by atoms with Crippen LogP contribution in [0.25, 0.3) is 22.3 Å². The van der Waals surface area contributed by atoms with Crippen molar-refractivity contribution in [2.75, 3.05) is 0 Å². The summed E-state index contributed by atoms with van der Waals surface area (Å²) in [6.45, 7) is 8.72. The van der Waals surface area contributed by atoms with Gasteiger partial charge in [-0.15, -0.1) is 0 Å². The van der Waals surface area contributed by atoms with Gasteiger partial charge in [0.25, 0.3) is 0 Å². The van der Waals surface area contributed by atoms with Crippen LogP contribution in [0.2, 0.25) is 0 Å². The van der Waals surface area contributed by atoms with E-state index in [1.807, 2.05) is 0 Å². The number of hydrogen-bond acceptors (Lipinski definition) is 4. The monoisotopic (exact) mass is 483 g/mol. The normalized spacial score (nSPS) is 12.8. The second-order valence-electron chi connectivity index (χ2n) is 8.25. The molecule has 0 aliphatic heterocycles. The van der Waals surface area contributed by atoms with Gasteiger partial charge < -0.3 is 14.8 Å². The Morgan fingerprint density at radius 3 is 2.34 bits per heavy atom. The predicted octanol–water partition coefficient (Wildman–Crippen LogP) is 6.62. The standard InChI is InChI=1S/C27H24F3NO4/c1-15(2)10-11-22(16(3)26(33)34)31-17(4)20-12-19(27(28,29)30)13-21-23(32)14-24(35-25(20)21)18-8-6-5-7-9-18/h5-14,17,31H,3H2,1-2,4H3,(H,33,34)/b22-11+. The molecule has 182 valence electrons. The lowest BCUT2D eigenvalue weighted by Crippen LogP contribution is -2.23. The summed E-state index contributed by atoms with van der Waals surface area (Å²) in [7, 11) is 0. The number of carbonyl (C=O) groups is 1. The van der Waals surface area contributed by atoms with Gasteiger partial charge in [0.1, 0.15) is 11.3 Å². The van der Waals surface area contributed by atoms with E-state index >= 15 is 0 Å². The fourth-order valence-corrected chi connectivity index (χ4v) is 3.43. The maximum Gasteiger partial charge on any atom is 0.416 e. The Balaban J connectivity index is 2.24. The zero-order valence-corrected chi connectivity index (χ0v) is 19.4. The lowest BCUT2D eigenvalue weighted by molar-refractivity contribution is -0.137. The van der Waals surface area contributed by atoms with E-state index in [0.29, 0.717) is 5.56 Å². The van der Waals surface area contributed by atoms with Gasteiger partial charge in [0.05, 0.1) is 22.6 Å². The van der Waals surface area contributed by atoms with Crippen LogP contribution < -0.4 is 10.7 Å². The summed E-state index contributed by atoms with van der Waals surface area (Å²) in [6, 6.07) is 10.7. The smallest absolute Gasteiger partial charge is 0.416 e. The number of hydrogen-bond donors (Lipinski definition) is 2. The molecular weight excluding hydrogens is 459 g/mol. The Labute approximate surface area is 199 Å². The van der Waals surface area contributed by atoms with Crippen molar-refractivity contribution in [2.24, 2.45) is 0 Å². The number of alkyl halides is 3. The number of fused-ring (bicyclic) bond motifs is 1. The summed E-state index contributed by atoms with van der Waals surface area (Å²) in [5, 5.41) is 12.1. The van der Waals surface area contributed by atoms with Gasteiger partial charge in [-0.2, -0.15) is 13.2 Å². The molecule has 0 bridgehead atoms. The fourth-order valence-electron chi connectivity index (χ4n) is 3.43. The number of aliphatic carboxylic acids is 1. The summed E-state index contributed by atoms with van der Waals surface area (Å²) >= 11 is 0. The molecule has 0 spiro atoms. The number of benzene rings is 2. The molecular formula is C27H24F3NO4. The van der Waals surface area contributed by atoms with Gasteiger partial charge in [-0.05, 0) is 39.0 Å². The minimum absolute atomic E-state index is 0.0214. The second-order valence-corrected chi connectivity index (χ2v) is 8.25. The van der Waals surface area contributed by atoms with Crippen molar-refractivity contribution in [3.8, 4) is 11.3 Å². The van der Waals surface area contributed by atoms with Gasteiger partial charge in [-0.1, -0.05) is 48.6 Å². The first kappa shape index (κ1) is 25.6. The first-order chi connectivity index (χ1) is 16.4. The molecule has 0 saturated heterocycles. The molecule has 3 aromatic rings. The van der Waals surface area contributed by atoms with Crippen LogP contribution in [0.1, 0.15) is 37.9 Å². The molecule has 35 heavy (non-hydrogen) atoms. The molecule has 0 radical (unpaired) electrons. The van der Waals surface area contributed by atoms with Crippen LogP contribution in [0.3, 0.4) is 0 Å². The van der Waals surface area contributed by atoms with E-state index in [9.17, 15) is 27.9 Å². The quantitative estimate of drug-likeness (QED) is 0.292. The Morgan fingerprint density at radius 2 is 1.77 bits per heavy atom. The Hall–Kier alpha value is -4.07. The third kappa shape index (κ3) is 5.90. The highest BCUT2D eigenvalue weighted by atomic mass is 19.4. The van der Waals surface area contributed by atoms with E-state index in [-0.39, 0.29) is 33.6 Å². The molecule has 1 unspecified atom stereocenters. The molecule has 0 saturated carbocycles. The predicted molar refractivity (Wildman–Crippen MR) is 129 cm³/mol. The Bertz CT molecular complexity index is 1400. The number of carboxylic acid groups (broad SMARTS) is 1. The zero-order valence-electron chi connectivity index (χ0n) is 19.4. The number of nitrogens with one attached hydrogen (secondary N) is 1. The van der Waals surface area contributed by atoms with E-state index in [2.05, 4.69) is 11.9 Å². The minimum Gasteiger partial charge on any atom is -0.478 e. The topological polar surface area (TPSA) is 79.5 Å². The van der Waals surface area contributed by atoms with E-state index < -0.39 is 29.2 Å². The lowest BCUT2D eigenvalue weighted by atomic mass is 9.99. The summed E-state index contributed by atoms with van der Waals surface area (Å²) in [5.74, 6) is -1.09. The molecule has 8 heteroatoms. The third-order valence-electron chi connectivity index (χ3n) is 5.25. The lowest BCUT2D eigenvalue weighted by Gasteiger charge is -2.21. The molecule has 5 nitrogen and oxygen atoms in total. The van der Waals surface area contributed by atoms with Crippen LogP contribution in [0.5, 0.6) is 0 Å². The van der Waals surface area contributed by atoms with Gasteiger partial charge in [-0.25, -0.2) is 4.79 Å². The summed E-state index contributed by atoms with van der Waals surface area (Å²) in [4.78, 5) is 24.4. The van der Waals surface area contributed by atoms with E-state index in [4.69, 9.17) is 4.42 Å². The molecule has 1 atom stereocenters. The highest BCUT2D eigenvalue weighted by molar-refractivity contribution is 5.91. The van der Waals surface area contributed by atoms with Crippen LogP contribution in [0.15, 0.2) is 93.3 Å². The molecule has 2 N–H and O–H groups in total. The van der Waals surface area contributed by atoms with Crippen LogP contribution in [-0.4, -0.2) is 11.1 Å². The van der Waals surface area contributed by atoms with Gasteiger partial charge in [0.2, 0.25) is 0 Å². The number of carboxylic acids is 1. The maximum atomic E-state index is 13.7. The third-order valence-corrected chi connectivity index (χ3v) is 5.25. The van der Waals surface area contributed by atoms with Crippen LogP contribution in [0.4, 0.5) is 13.2 Å². The van der Waals surface area contributed by atoms with Crippen molar-refractivity contribution in [1.82, 2.24) is 5.32 Å². The van der Waals surface area contributed by atoms with Crippen LogP contribution in [0, 0.1) is 0 Å². The largest absolute Gasteiger partial charge is 0.478 e.